The Kier molecular flexibility index (Phi) is 7.88. The highest BCUT2D eigenvalue weighted by Gasteiger charge is 2.53. The number of hydrogen-bond donors (Lipinski definition) is 5. The van der Waals surface area contributed by atoms with Crippen molar-refractivity contribution in [3.63, 3.8) is 0 Å². The fourth-order valence-corrected chi connectivity index (χ4v) is 8.31. The van der Waals surface area contributed by atoms with Crippen molar-refractivity contribution in [2.24, 2.45) is 10.7 Å². The molecular formula is C21H24FN9O10P2S2. The Morgan fingerprint density at radius 1 is 0.933 bits per heavy atom. The maximum absolute atomic E-state index is 16.0. The minimum atomic E-state index is -4.24. The van der Waals surface area contributed by atoms with Crippen LogP contribution < -0.4 is 11.5 Å². The number of rotatable bonds is 2. The van der Waals surface area contributed by atoms with Gasteiger partial charge >= 0.3 is 13.4 Å². The van der Waals surface area contributed by atoms with Gasteiger partial charge in [-0.3, -0.25) is 23.0 Å². The summed E-state index contributed by atoms with van der Waals surface area (Å²) in [6, 6.07) is 0. The van der Waals surface area contributed by atoms with Gasteiger partial charge in [0.2, 0.25) is 0 Å². The minimum absolute atomic E-state index is 0.00179. The van der Waals surface area contributed by atoms with Crippen LogP contribution in [0.15, 0.2) is 24.0 Å². The fourth-order valence-electron chi connectivity index (χ4n) is 5.42. The molecule has 19 nitrogen and oxygen atoms in total. The summed E-state index contributed by atoms with van der Waals surface area (Å²) < 4.78 is 52.7. The summed E-state index contributed by atoms with van der Waals surface area (Å²) in [6.45, 7) is -9.59. The molecule has 0 radical (unpaired) electrons. The van der Waals surface area contributed by atoms with Crippen molar-refractivity contribution in [3.05, 3.63) is 24.7 Å². The summed E-state index contributed by atoms with van der Waals surface area (Å²) in [4.78, 5) is 54.6. The lowest BCUT2D eigenvalue weighted by Gasteiger charge is -2.30. The number of fused-ring (bicyclic) bond motifs is 4. The topological polar surface area (TPSA) is 259 Å². The molecule has 3 aromatic rings. The molecule has 4 aliphatic heterocycles. The van der Waals surface area contributed by atoms with E-state index >= 15 is 4.39 Å². The number of ether oxygens (including phenoxy) is 2. The maximum Gasteiger partial charge on any atom is 0.325 e. The molecule has 24 heteroatoms. The highest BCUT2D eigenvalue weighted by atomic mass is 32.5. The maximum atomic E-state index is 16.0. The predicted molar refractivity (Wildman–Crippen MR) is 156 cm³/mol. The monoisotopic (exact) mass is 707 g/mol. The van der Waals surface area contributed by atoms with Gasteiger partial charge in [-0.25, -0.2) is 29.3 Å². The van der Waals surface area contributed by atoms with Crippen LogP contribution in [0.2, 0.25) is 0 Å². The first-order valence-corrected chi connectivity index (χ1v) is 18.3. The van der Waals surface area contributed by atoms with Gasteiger partial charge in [0.25, 0.3) is 0 Å². The number of aliphatic imine (C=N–C) groups is 1. The number of nitrogen functional groups attached to an aromatic ring is 1. The lowest BCUT2D eigenvalue weighted by atomic mass is 10.1. The van der Waals surface area contributed by atoms with E-state index in [-0.39, 0.29) is 40.7 Å². The lowest BCUT2D eigenvalue weighted by Crippen LogP contribution is -2.38. The fraction of sp³-hybridized carbons (Fsp3) is 0.524. The van der Waals surface area contributed by atoms with Crippen molar-refractivity contribution in [2.75, 3.05) is 18.9 Å². The molecule has 0 spiro atoms. The second-order valence-corrected chi connectivity index (χ2v) is 15.9. The number of nitrogens with zero attached hydrogens (tertiary/aromatic N) is 7. The van der Waals surface area contributed by atoms with Crippen LogP contribution >= 0.6 is 13.4 Å². The van der Waals surface area contributed by atoms with E-state index in [1.165, 1.54) is 17.2 Å². The number of Topliss-reactive ketones (excluding diaryl/α,β-unsaturated/α-hetero) is 1. The molecule has 4 aliphatic rings. The molecule has 242 valence electrons. The third-order valence-corrected chi connectivity index (χ3v) is 10.6. The molecule has 0 bridgehead atoms. The summed E-state index contributed by atoms with van der Waals surface area (Å²) in [5.41, 5.74) is 12.1. The number of aliphatic hydroxyl groups is 1. The molecule has 7 rings (SSSR count). The molecule has 2 unspecified atom stereocenters. The van der Waals surface area contributed by atoms with Crippen LogP contribution in [0.4, 0.5) is 16.0 Å². The van der Waals surface area contributed by atoms with E-state index in [0.717, 1.165) is 10.9 Å². The predicted octanol–water partition coefficient (Wildman–Crippen LogP) is -0.375. The number of alkyl halides is 1. The van der Waals surface area contributed by atoms with Crippen molar-refractivity contribution in [1.82, 2.24) is 29.1 Å². The highest BCUT2D eigenvalue weighted by molar-refractivity contribution is 8.07. The molecule has 7 heterocycles. The van der Waals surface area contributed by atoms with Gasteiger partial charge in [0.15, 0.2) is 47.4 Å². The Balaban J connectivity index is 1.16. The lowest BCUT2D eigenvalue weighted by molar-refractivity contribution is -0.0591. The third-order valence-electron chi connectivity index (χ3n) is 7.45. The van der Waals surface area contributed by atoms with E-state index in [2.05, 4.69) is 24.9 Å². The molecule has 0 aliphatic carbocycles. The number of ketones is 1. The smallest absolute Gasteiger partial charge is 0.325 e. The molecule has 0 amide bonds. The van der Waals surface area contributed by atoms with Crippen LogP contribution in [-0.4, -0.2) is 105 Å². The van der Waals surface area contributed by atoms with E-state index in [9.17, 15) is 19.7 Å². The Morgan fingerprint density at radius 2 is 1.58 bits per heavy atom. The molecule has 3 fully saturated rings. The summed E-state index contributed by atoms with van der Waals surface area (Å²) >= 11 is 10.4. The van der Waals surface area contributed by atoms with Gasteiger partial charge in [-0.2, -0.15) is 0 Å². The first-order valence-electron chi connectivity index (χ1n) is 13.1. The molecule has 0 aromatic carbocycles. The molecule has 45 heavy (non-hydrogen) atoms. The van der Waals surface area contributed by atoms with Gasteiger partial charge in [0, 0.05) is 0 Å². The van der Waals surface area contributed by atoms with Gasteiger partial charge in [-0.15, -0.1) is 0 Å². The average molecular weight is 708 g/mol. The third kappa shape index (κ3) is 5.63. The van der Waals surface area contributed by atoms with Crippen LogP contribution in [0.1, 0.15) is 29.4 Å². The van der Waals surface area contributed by atoms with Crippen LogP contribution in [-0.2, 0) is 51.2 Å². The molecule has 7 N–H and O–H groups in total. The molecular weight excluding hydrogens is 683 g/mol. The van der Waals surface area contributed by atoms with Gasteiger partial charge < -0.3 is 44.9 Å². The SMILES string of the molecule is NC1=Nc2c(ncn2[C@@H]2O[C@@H]3COP(O)(=S)O[C@H]4[C@@H](O)[C@H](n5cnc6c(N)ncnc65)O[C@@H]4COP(O)(=S)O[C@H]3[C@H]2F)C(=O)C1. The summed E-state index contributed by atoms with van der Waals surface area (Å²) in [6.07, 6.45) is -8.27. The number of hydrogen-bond acceptors (Lipinski definition) is 17. The Morgan fingerprint density at radius 3 is 2.31 bits per heavy atom. The standard InChI is InChI=1S/C21H24FN9O10P2S2/c22-11-15-8(38-20(11)31-5-27-12-7(32)1-10(23)29-19(12)31)2-36-43(35,45)41-16-9(3-37-42(34,44)40-15)39-21(14(16)33)30-6-28-13-17(24)25-4-26-18(13)30/h4-6,8-9,11,14-16,20-21,33H,1-3H2,(H2,23,29)(H,34,44)(H,35,45)(H2,24,25,26)/t8-,9-,11-,14-,15-,16-,20-,21-,42?,43?/m1/s1. The number of carbonyl (C=O) groups is 1. The molecule has 3 aromatic heterocycles. The number of carbonyl (C=O) groups excluding carboxylic acids is 1. The van der Waals surface area contributed by atoms with Gasteiger partial charge in [0.05, 0.1) is 32.3 Å². The number of anilines is 1. The second kappa shape index (κ2) is 11.4. The minimum Gasteiger partial charge on any atom is -0.387 e. The van der Waals surface area contributed by atoms with E-state index in [4.69, 9.17) is 62.6 Å². The molecule has 10 atom stereocenters. The summed E-state index contributed by atoms with van der Waals surface area (Å²) in [5.74, 6) is -0.349. The van der Waals surface area contributed by atoms with Crippen LogP contribution in [0.5, 0.6) is 0 Å². The van der Waals surface area contributed by atoms with Crippen molar-refractivity contribution in [2.45, 2.75) is 55.6 Å². The molecule has 3 saturated heterocycles. The Hall–Kier alpha value is -2.43. The van der Waals surface area contributed by atoms with Crippen molar-refractivity contribution in [3.8, 4) is 0 Å². The van der Waals surface area contributed by atoms with Gasteiger partial charge in [-0.1, -0.05) is 0 Å². The first-order chi connectivity index (χ1) is 21.3. The van der Waals surface area contributed by atoms with Crippen molar-refractivity contribution >= 4 is 71.5 Å². The zero-order valence-electron chi connectivity index (χ0n) is 22.5. The number of imidazole rings is 2. The van der Waals surface area contributed by atoms with E-state index in [0.29, 0.717) is 0 Å². The number of nitrogens with two attached hydrogens (primary N) is 2. The van der Waals surface area contributed by atoms with Crippen LogP contribution in [0.3, 0.4) is 0 Å². The Bertz CT molecular complexity index is 1810. The number of amidine groups is 1. The highest BCUT2D eigenvalue weighted by Crippen LogP contribution is 2.54. The first kappa shape index (κ1) is 31.2. The van der Waals surface area contributed by atoms with Crippen LogP contribution in [0, 0.1) is 0 Å². The zero-order valence-corrected chi connectivity index (χ0v) is 26.0. The Labute approximate surface area is 261 Å². The normalized spacial score (nSPS) is 39.0. The van der Waals surface area contributed by atoms with E-state index in [1.807, 2.05) is 0 Å². The van der Waals surface area contributed by atoms with E-state index < -0.39 is 81.6 Å². The summed E-state index contributed by atoms with van der Waals surface area (Å²) in [5, 5.41) is 11.3. The largest absolute Gasteiger partial charge is 0.387 e. The second-order valence-electron chi connectivity index (χ2n) is 10.3. The van der Waals surface area contributed by atoms with Crippen molar-refractivity contribution in [1.29, 1.82) is 0 Å². The van der Waals surface area contributed by atoms with E-state index in [1.54, 1.807) is 0 Å². The zero-order chi connectivity index (χ0) is 31.8. The quantitative estimate of drug-likeness (QED) is 0.213. The number of halogens is 1. The van der Waals surface area contributed by atoms with Gasteiger partial charge in [0.1, 0.15) is 48.2 Å². The average Bonchev–Trinajstić information content (AvgIpc) is 3.72. The van der Waals surface area contributed by atoms with Gasteiger partial charge in [-0.05, 0) is 23.6 Å². The number of aliphatic hydroxyl groups excluding tert-OH is 1. The summed E-state index contributed by atoms with van der Waals surface area (Å²) in [7, 11) is 0. The number of aromatic nitrogens is 6. The van der Waals surface area contributed by atoms with Crippen molar-refractivity contribution < 1.29 is 51.6 Å². The van der Waals surface area contributed by atoms with Crippen LogP contribution in [0.25, 0.3) is 11.2 Å². The molecule has 0 saturated carbocycles.